The standard InChI is InChI=1S/C9H12O5/c1-12-4-5-13-6-8-7(9(10)11)2-3-14-8/h2-3H,4-6H2,1H3,(H,10,11). The van der Waals surface area contributed by atoms with E-state index in [1.165, 1.54) is 12.3 Å². The molecule has 0 spiro atoms. The molecule has 0 bridgehead atoms. The van der Waals surface area contributed by atoms with Gasteiger partial charge in [-0.2, -0.15) is 0 Å². The van der Waals surface area contributed by atoms with Gasteiger partial charge in [0.25, 0.3) is 0 Å². The second kappa shape index (κ2) is 5.41. The molecule has 1 heterocycles. The highest BCUT2D eigenvalue weighted by Gasteiger charge is 2.12. The molecule has 1 rings (SSSR count). The van der Waals surface area contributed by atoms with Crippen LogP contribution in [0.4, 0.5) is 0 Å². The average Bonchev–Trinajstić information content (AvgIpc) is 2.60. The zero-order valence-electron chi connectivity index (χ0n) is 7.86. The third kappa shape index (κ3) is 2.86. The lowest BCUT2D eigenvalue weighted by Crippen LogP contribution is -2.04. The van der Waals surface area contributed by atoms with Crippen molar-refractivity contribution in [3.05, 3.63) is 23.7 Å². The van der Waals surface area contributed by atoms with Gasteiger partial charge < -0.3 is 19.0 Å². The van der Waals surface area contributed by atoms with Gasteiger partial charge in [-0.05, 0) is 6.07 Å². The van der Waals surface area contributed by atoms with Gasteiger partial charge in [-0.3, -0.25) is 0 Å². The van der Waals surface area contributed by atoms with Gasteiger partial charge in [-0.25, -0.2) is 4.79 Å². The van der Waals surface area contributed by atoms with E-state index in [0.717, 1.165) is 0 Å². The van der Waals surface area contributed by atoms with Gasteiger partial charge >= 0.3 is 5.97 Å². The molecule has 0 amide bonds. The van der Waals surface area contributed by atoms with Crippen LogP contribution in [-0.4, -0.2) is 31.4 Å². The lowest BCUT2D eigenvalue weighted by atomic mass is 10.2. The summed E-state index contributed by atoms with van der Waals surface area (Å²) in [5.41, 5.74) is 0.141. The van der Waals surface area contributed by atoms with Gasteiger partial charge in [0.1, 0.15) is 17.9 Å². The molecule has 0 saturated heterocycles. The van der Waals surface area contributed by atoms with E-state index in [4.69, 9.17) is 19.0 Å². The van der Waals surface area contributed by atoms with Crippen molar-refractivity contribution in [3.63, 3.8) is 0 Å². The molecule has 0 fully saturated rings. The Morgan fingerprint density at radius 1 is 1.57 bits per heavy atom. The molecule has 0 unspecified atom stereocenters. The topological polar surface area (TPSA) is 68.9 Å². The number of hydrogen-bond donors (Lipinski definition) is 1. The molecule has 5 nitrogen and oxygen atoms in total. The first-order valence-electron chi connectivity index (χ1n) is 4.12. The van der Waals surface area contributed by atoms with Crippen LogP contribution in [0.1, 0.15) is 16.1 Å². The molecule has 1 N–H and O–H groups in total. The summed E-state index contributed by atoms with van der Waals surface area (Å²) in [6, 6.07) is 1.40. The van der Waals surface area contributed by atoms with Crippen LogP contribution >= 0.6 is 0 Å². The summed E-state index contributed by atoms with van der Waals surface area (Å²) in [6.07, 6.45) is 1.33. The Kier molecular flexibility index (Phi) is 4.15. The van der Waals surface area contributed by atoms with Gasteiger partial charge in [0.05, 0.1) is 19.5 Å². The van der Waals surface area contributed by atoms with E-state index in [0.29, 0.717) is 19.0 Å². The van der Waals surface area contributed by atoms with E-state index >= 15 is 0 Å². The summed E-state index contributed by atoms with van der Waals surface area (Å²) >= 11 is 0. The molecule has 78 valence electrons. The molecule has 0 aromatic carbocycles. The molecule has 1 aromatic rings. The third-order valence-corrected chi connectivity index (χ3v) is 1.64. The predicted molar refractivity (Wildman–Crippen MR) is 47.2 cm³/mol. The minimum absolute atomic E-state index is 0.141. The number of hydrogen-bond acceptors (Lipinski definition) is 4. The van der Waals surface area contributed by atoms with Gasteiger partial charge in [0, 0.05) is 7.11 Å². The van der Waals surface area contributed by atoms with Crippen molar-refractivity contribution in [3.8, 4) is 0 Å². The monoisotopic (exact) mass is 200 g/mol. The summed E-state index contributed by atoms with van der Waals surface area (Å²) in [5, 5.41) is 8.72. The van der Waals surface area contributed by atoms with Gasteiger partial charge in [-0.15, -0.1) is 0 Å². The fraction of sp³-hybridized carbons (Fsp3) is 0.444. The summed E-state index contributed by atoms with van der Waals surface area (Å²) in [6.45, 7) is 1.04. The Morgan fingerprint density at radius 3 is 3.00 bits per heavy atom. The van der Waals surface area contributed by atoms with Crippen molar-refractivity contribution >= 4 is 5.97 Å². The highest BCUT2D eigenvalue weighted by Crippen LogP contribution is 2.11. The maximum Gasteiger partial charge on any atom is 0.339 e. The maximum atomic E-state index is 10.6. The minimum Gasteiger partial charge on any atom is -0.478 e. The van der Waals surface area contributed by atoms with E-state index in [9.17, 15) is 4.79 Å². The molecule has 0 atom stereocenters. The summed E-state index contributed by atoms with van der Waals surface area (Å²) < 4.78 is 14.9. The van der Waals surface area contributed by atoms with Crippen molar-refractivity contribution in [1.82, 2.24) is 0 Å². The zero-order chi connectivity index (χ0) is 10.4. The number of methoxy groups -OCH3 is 1. The Bertz CT molecular complexity index is 291. The first-order valence-corrected chi connectivity index (χ1v) is 4.12. The molecule has 0 radical (unpaired) electrons. The normalized spacial score (nSPS) is 10.4. The third-order valence-electron chi connectivity index (χ3n) is 1.64. The van der Waals surface area contributed by atoms with Crippen molar-refractivity contribution in [2.75, 3.05) is 20.3 Å². The molecule has 0 aliphatic rings. The Hall–Kier alpha value is -1.33. The number of carboxylic acid groups (broad SMARTS) is 1. The second-order valence-corrected chi connectivity index (χ2v) is 2.61. The predicted octanol–water partition coefficient (Wildman–Crippen LogP) is 1.14. The molecule has 5 heteroatoms. The summed E-state index contributed by atoms with van der Waals surface area (Å²) in [7, 11) is 1.57. The van der Waals surface area contributed by atoms with Gasteiger partial charge in [-0.1, -0.05) is 0 Å². The largest absolute Gasteiger partial charge is 0.478 e. The Morgan fingerprint density at radius 2 is 2.36 bits per heavy atom. The van der Waals surface area contributed by atoms with E-state index in [-0.39, 0.29) is 12.2 Å². The first-order chi connectivity index (χ1) is 6.75. The molecular formula is C9H12O5. The average molecular weight is 200 g/mol. The quantitative estimate of drug-likeness (QED) is 0.697. The lowest BCUT2D eigenvalue weighted by Gasteiger charge is -2.01. The van der Waals surface area contributed by atoms with Crippen LogP contribution in [-0.2, 0) is 16.1 Å². The summed E-state index contributed by atoms with van der Waals surface area (Å²) in [4.78, 5) is 10.6. The van der Waals surface area contributed by atoms with Crippen LogP contribution in [0.25, 0.3) is 0 Å². The van der Waals surface area contributed by atoms with Crippen LogP contribution < -0.4 is 0 Å². The fourth-order valence-corrected chi connectivity index (χ4v) is 0.950. The molecule has 0 aliphatic carbocycles. The van der Waals surface area contributed by atoms with Crippen LogP contribution in [0, 0.1) is 0 Å². The number of rotatable bonds is 6. The molecule has 0 aliphatic heterocycles. The smallest absolute Gasteiger partial charge is 0.339 e. The maximum absolute atomic E-state index is 10.6. The van der Waals surface area contributed by atoms with Crippen LogP contribution in [0.2, 0.25) is 0 Å². The fourth-order valence-electron chi connectivity index (χ4n) is 0.950. The van der Waals surface area contributed by atoms with Crippen LogP contribution in [0.3, 0.4) is 0 Å². The van der Waals surface area contributed by atoms with Crippen molar-refractivity contribution in [1.29, 1.82) is 0 Å². The van der Waals surface area contributed by atoms with E-state index in [1.807, 2.05) is 0 Å². The summed E-state index contributed by atoms with van der Waals surface area (Å²) in [5.74, 6) is -0.683. The second-order valence-electron chi connectivity index (χ2n) is 2.61. The van der Waals surface area contributed by atoms with Crippen molar-refractivity contribution in [2.45, 2.75) is 6.61 Å². The minimum atomic E-state index is -1.01. The zero-order valence-corrected chi connectivity index (χ0v) is 7.86. The Balaban J connectivity index is 2.42. The molecular weight excluding hydrogens is 188 g/mol. The van der Waals surface area contributed by atoms with Crippen LogP contribution in [0.15, 0.2) is 16.7 Å². The molecule has 1 aromatic heterocycles. The highest BCUT2D eigenvalue weighted by molar-refractivity contribution is 5.88. The van der Waals surface area contributed by atoms with E-state index in [2.05, 4.69) is 0 Å². The van der Waals surface area contributed by atoms with Crippen molar-refractivity contribution < 1.29 is 23.8 Å². The van der Waals surface area contributed by atoms with Crippen LogP contribution in [0.5, 0.6) is 0 Å². The first kappa shape index (κ1) is 10.7. The van der Waals surface area contributed by atoms with E-state index in [1.54, 1.807) is 7.11 Å². The number of carboxylic acids is 1. The molecule has 0 saturated carbocycles. The van der Waals surface area contributed by atoms with Gasteiger partial charge in [0.2, 0.25) is 0 Å². The number of ether oxygens (including phenoxy) is 2. The van der Waals surface area contributed by atoms with E-state index < -0.39 is 5.97 Å². The molecule has 14 heavy (non-hydrogen) atoms. The Labute approximate surface area is 81.2 Å². The van der Waals surface area contributed by atoms with Gasteiger partial charge in [0.15, 0.2) is 0 Å². The SMILES string of the molecule is COCCOCc1occc1C(=O)O. The number of aromatic carboxylic acids is 1. The highest BCUT2D eigenvalue weighted by atomic mass is 16.5. The number of carbonyl (C=O) groups is 1. The lowest BCUT2D eigenvalue weighted by molar-refractivity contribution is 0.0516. The number of furan rings is 1. The van der Waals surface area contributed by atoms with Crippen molar-refractivity contribution in [2.24, 2.45) is 0 Å².